The molecule has 0 spiro atoms. The summed E-state index contributed by atoms with van der Waals surface area (Å²) in [5.41, 5.74) is -5.83. The van der Waals surface area contributed by atoms with Crippen LogP contribution >= 0.6 is 0 Å². The van der Waals surface area contributed by atoms with Crippen LogP contribution < -0.4 is 4.74 Å². The molecular formula is C23H8F3NO7. The van der Waals surface area contributed by atoms with Crippen molar-refractivity contribution in [3.05, 3.63) is 87.7 Å². The van der Waals surface area contributed by atoms with Crippen molar-refractivity contribution in [2.45, 2.75) is 11.6 Å². The number of carbonyl (C=O) groups excluding carboxylic acids is 4. The average Bonchev–Trinajstić information content (AvgIpc) is 3.22. The third-order valence-corrected chi connectivity index (χ3v) is 5.99. The van der Waals surface area contributed by atoms with Gasteiger partial charge in [-0.1, -0.05) is 6.07 Å². The molecule has 0 radical (unpaired) electrons. The van der Waals surface area contributed by atoms with E-state index >= 15 is 13.2 Å². The van der Waals surface area contributed by atoms with Crippen LogP contribution in [0.5, 0.6) is 11.5 Å². The first-order valence-corrected chi connectivity index (χ1v) is 9.69. The van der Waals surface area contributed by atoms with Crippen LogP contribution in [0, 0.1) is 0 Å². The van der Waals surface area contributed by atoms with Gasteiger partial charge in [-0.3, -0.25) is 4.98 Å². The normalized spacial score (nSPS) is 17.3. The molecule has 0 saturated heterocycles. The summed E-state index contributed by atoms with van der Waals surface area (Å²) in [6.45, 7) is 0. The average molecular weight is 467 g/mol. The zero-order valence-corrected chi connectivity index (χ0v) is 16.6. The van der Waals surface area contributed by atoms with E-state index in [0.29, 0.717) is 0 Å². The number of alkyl halides is 3. The van der Waals surface area contributed by atoms with Gasteiger partial charge in [0, 0.05) is 17.3 Å². The highest BCUT2D eigenvalue weighted by atomic mass is 19.4. The molecule has 11 heteroatoms. The Morgan fingerprint density at radius 1 is 0.676 bits per heavy atom. The first-order chi connectivity index (χ1) is 16.1. The Morgan fingerprint density at radius 2 is 1.15 bits per heavy atom. The standard InChI is InChI=1S/C23H8F3NO7/c24-23(25,26)22(17-3-1-2-4-27-17)13-5-9-11(20(30)33-18(9)28)7-15(13)32-16-8-12-10(6-14(16)22)19(29)34-21(12)31/h1-8H. The lowest BCUT2D eigenvalue weighted by Crippen LogP contribution is -2.47. The molecule has 2 aromatic carbocycles. The Labute approximate surface area is 186 Å². The maximum absolute atomic E-state index is 15.2. The van der Waals surface area contributed by atoms with E-state index in [1.54, 1.807) is 0 Å². The molecule has 34 heavy (non-hydrogen) atoms. The number of nitrogens with zero attached hydrogens (tertiary/aromatic N) is 1. The molecule has 3 aliphatic heterocycles. The van der Waals surface area contributed by atoms with E-state index in [1.807, 2.05) is 0 Å². The fourth-order valence-electron chi connectivity index (χ4n) is 4.55. The predicted molar refractivity (Wildman–Crippen MR) is 103 cm³/mol. The minimum atomic E-state index is -5.09. The summed E-state index contributed by atoms with van der Waals surface area (Å²) in [6.07, 6.45) is -3.93. The third-order valence-electron chi connectivity index (χ3n) is 5.99. The summed E-state index contributed by atoms with van der Waals surface area (Å²) in [6, 6.07) is 7.66. The topological polar surface area (TPSA) is 109 Å². The molecule has 8 nitrogen and oxygen atoms in total. The van der Waals surface area contributed by atoms with Crippen LogP contribution in [0.1, 0.15) is 58.3 Å². The molecule has 0 saturated carbocycles. The van der Waals surface area contributed by atoms with Gasteiger partial charge >= 0.3 is 30.1 Å². The number of ether oxygens (including phenoxy) is 3. The van der Waals surface area contributed by atoms with Crippen LogP contribution in [0.25, 0.3) is 0 Å². The highest BCUT2D eigenvalue weighted by Gasteiger charge is 2.64. The fraction of sp³-hybridized carbons (Fsp3) is 0.0870. The molecule has 3 aromatic rings. The van der Waals surface area contributed by atoms with E-state index in [9.17, 15) is 19.2 Å². The highest BCUT2D eigenvalue weighted by molar-refractivity contribution is 6.16. The van der Waals surface area contributed by atoms with Gasteiger partial charge in [0.05, 0.1) is 27.9 Å². The molecule has 3 aliphatic rings. The number of hydrogen-bond donors (Lipinski definition) is 0. The van der Waals surface area contributed by atoms with Gasteiger partial charge in [-0.05, 0) is 36.4 Å². The monoisotopic (exact) mass is 467 g/mol. The molecule has 0 atom stereocenters. The first-order valence-electron chi connectivity index (χ1n) is 9.69. The van der Waals surface area contributed by atoms with Crippen molar-refractivity contribution in [1.29, 1.82) is 0 Å². The van der Waals surface area contributed by atoms with Crippen LogP contribution in [-0.2, 0) is 14.9 Å². The number of pyridine rings is 1. The summed E-state index contributed by atoms with van der Waals surface area (Å²) in [5.74, 6) is -5.05. The van der Waals surface area contributed by atoms with Gasteiger partial charge < -0.3 is 14.2 Å². The van der Waals surface area contributed by atoms with Crippen LogP contribution in [0.4, 0.5) is 13.2 Å². The lowest BCUT2D eigenvalue weighted by atomic mass is 9.68. The molecule has 6 rings (SSSR count). The van der Waals surface area contributed by atoms with Crippen LogP contribution in [0.3, 0.4) is 0 Å². The Balaban J connectivity index is 1.78. The van der Waals surface area contributed by atoms with Crippen molar-refractivity contribution in [1.82, 2.24) is 4.98 Å². The third kappa shape index (κ3) is 2.35. The second-order valence-corrected chi connectivity index (χ2v) is 7.71. The number of halogens is 3. The van der Waals surface area contributed by atoms with Crippen molar-refractivity contribution >= 4 is 23.9 Å². The van der Waals surface area contributed by atoms with Crippen LogP contribution in [0.2, 0.25) is 0 Å². The number of benzene rings is 2. The van der Waals surface area contributed by atoms with Crippen molar-refractivity contribution in [3.63, 3.8) is 0 Å². The van der Waals surface area contributed by atoms with Crippen molar-refractivity contribution in [2.75, 3.05) is 0 Å². The summed E-state index contributed by atoms with van der Waals surface area (Å²) >= 11 is 0. The molecule has 0 N–H and O–H groups in total. The van der Waals surface area contributed by atoms with Gasteiger partial charge in [0.1, 0.15) is 11.5 Å². The van der Waals surface area contributed by atoms with Crippen LogP contribution in [0.15, 0.2) is 48.7 Å². The zero-order chi connectivity index (χ0) is 24.0. The van der Waals surface area contributed by atoms with Gasteiger partial charge in [-0.15, -0.1) is 0 Å². The van der Waals surface area contributed by atoms with Gasteiger partial charge in [0.25, 0.3) is 0 Å². The molecule has 0 fully saturated rings. The lowest BCUT2D eigenvalue weighted by Gasteiger charge is -2.41. The van der Waals surface area contributed by atoms with Gasteiger partial charge in [0.2, 0.25) is 0 Å². The Hall–Kier alpha value is -4.54. The summed E-state index contributed by atoms with van der Waals surface area (Å²) in [5, 5.41) is 0. The maximum atomic E-state index is 15.2. The smallest absolute Gasteiger partial charge is 0.408 e. The molecule has 0 unspecified atom stereocenters. The maximum Gasteiger partial charge on any atom is 0.408 e. The first kappa shape index (κ1) is 20.1. The number of carbonyl (C=O) groups is 4. The second kappa shape index (κ2) is 6.28. The van der Waals surface area contributed by atoms with Crippen LogP contribution in [-0.4, -0.2) is 35.0 Å². The molecule has 1 aromatic heterocycles. The molecule has 0 bridgehead atoms. The highest BCUT2D eigenvalue weighted by Crippen LogP contribution is 2.60. The van der Waals surface area contributed by atoms with Gasteiger partial charge in [-0.2, -0.15) is 13.2 Å². The molecule has 0 aliphatic carbocycles. The van der Waals surface area contributed by atoms with E-state index in [1.165, 1.54) is 12.1 Å². The largest absolute Gasteiger partial charge is 0.457 e. The van der Waals surface area contributed by atoms with Crippen molar-refractivity contribution in [2.24, 2.45) is 0 Å². The molecule has 4 heterocycles. The number of cyclic esters (lactones) is 4. The Kier molecular flexibility index (Phi) is 3.71. The summed E-state index contributed by atoms with van der Waals surface area (Å²) in [4.78, 5) is 52.3. The number of rotatable bonds is 1. The number of aromatic nitrogens is 1. The predicted octanol–water partition coefficient (Wildman–Crippen LogP) is 3.71. The van der Waals surface area contributed by atoms with Gasteiger partial charge in [-0.25, -0.2) is 19.2 Å². The minimum Gasteiger partial charge on any atom is -0.457 e. The van der Waals surface area contributed by atoms with Crippen molar-refractivity contribution < 1.29 is 46.6 Å². The molecule has 168 valence electrons. The lowest BCUT2D eigenvalue weighted by molar-refractivity contribution is -0.169. The number of fused-ring (bicyclic) bond motifs is 4. The van der Waals surface area contributed by atoms with E-state index in [0.717, 1.165) is 36.5 Å². The Morgan fingerprint density at radius 3 is 1.56 bits per heavy atom. The van der Waals surface area contributed by atoms with E-state index in [2.05, 4.69) is 14.5 Å². The Bertz CT molecular complexity index is 1410. The SMILES string of the molecule is O=C1OC(=O)c2cc3c(cc21)Oc1cc2c(cc1C3(c1ccccn1)C(F)(F)F)C(=O)OC2=O. The fourth-order valence-corrected chi connectivity index (χ4v) is 4.55. The number of hydrogen-bond acceptors (Lipinski definition) is 8. The zero-order valence-electron chi connectivity index (χ0n) is 16.6. The molecule has 0 amide bonds. The van der Waals surface area contributed by atoms with Gasteiger partial charge in [0.15, 0.2) is 5.41 Å². The van der Waals surface area contributed by atoms with E-state index in [-0.39, 0.29) is 22.3 Å². The molecular weight excluding hydrogens is 459 g/mol. The van der Waals surface area contributed by atoms with Crippen molar-refractivity contribution in [3.8, 4) is 11.5 Å². The second-order valence-electron chi connectivity index (χ2n) is 7.71. The van der Waals surface area contributed by atoms with E-state index in [4.69, 9.17) is 4.74 Å². The van der Waals surface area contributed by atoms with E-state index < -0.39 is 63.8 Å². The minimum absolute atomic E-state index is 0.264. The number of esters is 4. The summed E-state index contributed by atoms with van der Waals surface area (Å²) in [7, 11) is 0. The summed E-state index contributed by atoms with van der Waals surface area (Å²) < 4.78 is 60.5. The quantitative estimate of drug-likeness (QED) is 0.394.